The van der Waals surface area contributed by atoms with E-state index >= 15 is 0 Å². The fraction of sp³-hybridized carbons (Fsp3) is 0.409. The quantitative estimate of drug-likeness (QED) is 0.0836. The Morgan fingerprint density at radius 2 is 2.02 bits per heavy atom. The van der Waals surface area contributed by atoms with Crippen molar-refractivity contribution in [2.45, 2.75) is 50.9 Å². The third kappa shape index (κ3) is 6.37. The minimum absolute atomic E-state index is 0. The van der Waals surface area contributed by atoms with E-state index in [9.17, 15) is 42.3 Å². The number of oxime groups is 1. The van der Waals surface area contributed by atoms with Crippen LogP contribution in [0.5, 0.6) is 0 Å². The normalized spacial score (nSPS) is 22.1. The van der Waals surface area contributed by atoms with Crippen LogP contribution < -0.4 is 16.4 Å². The number of β-lactam (4-membered cyclic amide) rings is 1. The number of carboxylic acids is 1. The van der Waals surface area contributed by atoms with E-state index in [-0.39, 0.29) is 77.3 Å². The number of anilines is 1. The average Bonchev–Trinajstić information content (AvgIpc) is 3.47. The van der Waals surface area contributed by atoms with Crippen molar-refractivity contribution < 1.29 is 47.1 Å². The van der Waals surface area contributed by atoms with Gasteiger partial charge in [0, 0.05) is 24.4 Å². The van der Waals surface area contributed by atoms with Gasteiger partial charge in [-0.3, -0.25) is 19.3 Å². The van der Waals surface area contributed by atoms with Crippen molar-refractivity contribution >= 4 is 81.4 Å². The number of carbonyl (C=O) groups excluding carboxylic acids is 4. The molecular weight excluding hydrogens is 572 g/mol. The van der Waals surface area contributed by atoms with Gasteiger partial charge in [-0.05, 0) is 30.4 Å². The third-order valence-electron chi connectivity index (χ3n) is 6.21. The van der Waals surface area contributed by atoms with Crippen LogP contribution >= 0.6 is 11.3 Å². The van der Waals surface area contributed by atoms with Crippen LogP contribution in [0.4, 0.5) is 18.3 Å². The number of halogens is 3. The predicted octanol–water partition coefficient (Wildman–Crippen LogP) is -0.0590. The molecule has 0 bridgehead atoms. The van der Waals surface area contributed by atoms with Crippen molar-refractivity contribution in [3.63, 3.8) is 0 Å². The summed E-state index contributed by atoms with van der Waals surface area (Å²) < 4.78 is 40.4. The Bertz CT molecular complexity index is 1370. The Labute approximate surface area is 250 Å². The van der Waals surface area contributed by atoms with E-state index in [0.29, 0.717) is 0 Å². The van der Waals surface area contributed by atoms with Gasteiger partial charge in [0.1, 0.15) is 17.4 Å². The second kappa shape index (κ2) is 12.1. The number of fused-ring (bicyclic) bond motifs is 1. The summed E-state index contributed by atoms with van der Waals surface area (Å²) in [5.74, 6) is -5.09. The van der Waals surface area contributed by atoms with Crippen molar-refractivity contribution in [2.75, 3.05) is 12.3 Å². The Morgan fingerprint density at radius 3 is 2.55 bits per heavy atom. The summed E-state index contributed by atoms with van der Waals surface area (Å²) in [6.45, 7) is 1.14. The molecule has 2 saturated heterocycles. The maximum atomic E-state index is 13.5. The van der Waals surface area contributed by atoms with E-state index in [2.05, 4.69) is 25.6 Å². The van der Waals surface area contributed by atoms with E-state index in [1.54, 1.807) is 0 Å². The molecular formula is C22H22F3N6NaO7S. The van der Waals surface area contributed by atoms with Gasteiger partial charge in [0.05, 0.1) is 12.5 Å². The summed E-state index contributed by atoms with van der Waals surface area (Å²) in [5.41, 5.74) is 3.50. The summed E-state index contributed by atoms with van der Waals surface area (Å²) in [5, 5.41) is 19.6. The standard InChI is InChI=1S/C22H21F3N6O7S.Na.H/c1-8(32)38-30-14(12-7-39-21(26)28-12)18(34)29-15-13-3-2-9(16(20(36)37)31(13)19(15)35)11(6-22(23,24)25)10-4-5-27-17(10)33;;/h7,13,15H,2-6H2,1H3,(H2,26,28)(H,27,33)(H,29,34)(H,36,37);;/t13-,15+;;/m1../s1. The SMILES string of the molecule is CC(=O)ON=C(C(=O)N[C@@H]1C(=O)N2C(C(=O)O)=C(C(CC(F)(F)F)=C3CCNC3=O)CC[C@H]12)c1csc(N)n1.[NaH]. The van der Waals surface area contributed by atoms with E-state index < -0.39 is 71.3 Å². The van der Waals surface area contributed by atoms with Gasteiger partial charge in [-0.1, -0.05) is 5.16 Å². The zero-order valence-corrected chi connectivity index (χ0v) is 20.9. The fourth-order valence-corrected chi connectivity index (χ4v) is 5.23. The Hall–Kier alpha value is -3.28. The summed E-state index contributed by atoms with van der Waals surface area (Å²) in [6, 6.07) is -2.15. The molecule has 4 heterocycles. The number of carbonyl (C=O) groups is 5. The molecule has 3 aliphatic heterocycles. The van der Waals surface area contributed by atoms with Crippen LogP contribution in [-0.2, 0) is 28.8 Å². The molecule has 0 aromatic carbocycles. The number of allylic oxidation sites excluding steroid dienone is 2. The molecule has 0 unspecified atom stereocenters. The van der Waals surface area contributed by atoms with Crippen molar-refractivity contribution in [3.05, 3.63) is 33.5 Å². The second-order valence-corrected chi connectivity index (χ2v) is 9.64. The first-order valence-corrected chi connectivity index (χ1v) is 12.3. The number of hydrogen-bond acceptors (Lipinski definition) is 10. The average molecular weight is 595 g/mol. The molecule has 0 radical (unpaired) electrons. The molecule has 0 spiro atoms. The number of aromatic nitrogens is 1. The number of nitrogen functional groups attached to an aromatic ring is 1. The summed E-state index contributed by atoms with van der Waals surface area (Å²) in [4.78, 5) is 70.9. The zero-order valence-electron chi connectivity index (χ0n) is 20.1. The van der Waals surface area contributed by atoms with Crippen LogP contribution in [0, 0.1) is 0 Å². The molecule has 4 rings (SSSR count). The molecule has 3 amide bonds. The summed E-state index contributed by atoms with van der Waals surface area (Å²) in [6.07, 6.45) is -6.50. The van der Waals surface area contributed by atoms with Gasteiger partial charge in [0.2, 0.25) is 5.91 Å². The van der Waals surface area contributed by atoms with E-state index in [1.807, 2.05) is 0 Å². The van der Waals surface area contributed by atoms with Gasteiger partial charge in [-0.15, -0.1) is 11.3 Å². The first-order chi connectivity index (χ1) is 18.3. The van der Waals surface area contributed by atoms with Crippen LogP contribution in [0.3, 0.4) is 0 Å². The number of hydrogen-bond donors (Lipinski definition) is 4. The molecule has 210 valence electrons. The van der Waals surface area contributed by atoms with Crippen molar-refractivity contribution in [1.29, 1.82) is 0 Å². The van der Waals surface area contributed by atoms with E-state index in [4.69, 9.17) is 5.73 Å². The molecule has 18 heteroatoms. The molecule has 0 aliphatic carbocycles. The molecule has 5 N–H and O–H groups in total. The molecule has 2 atom stereocenters. The van der Waals surface area contributed by atoms with Crippen LogP contribution in [-0.4, -0.2) is 105 Å². The first-order valence-electron chi connectivity index (χ1n) is 11.4. The monoisotopic (exact) mass is 594 g/mol. The number of amides is 3. The Morgan fingerprint density at radius 1 is 1.32 bits per heavy atom. The van der Waals surface area contributed by atoms with Crippen LogP contribution in [0.2, 0.25) is 0 Å². The van der Waals surface area contributed by atoms with Crippen LogP contribution in [0.15, 0.2) is 33.0 Å². The minimum atomic E-state index is -4.75. The maximum absolute atomic E-state index is 13.5. The van der Waals surface area contributed by atoms with Gasteiger partial charge in [-0.2, -0.15) is 13.2 Å². The molecule has 0 saturated carbocycles. The van der Waals surface area contributed by atoms with Gasteiger partial charge >= 0.3 is 47.7 Å². The number of nitrogens with two attached hydrogens (primary N) is 1. The number of carboxylic acid groups (broad SMARTS) is 1. The topological polar surface area (TPSA) is 193 Å². The van der Waals surface area contributed by atoms with Gasteiger partial charge in [-0.25, -0.2) is 14.6 Å². The summed E-state index contributed by atoms with van der Waals surface area (Å²) >= 11 is 0.968. The van der Waals surface area contributed by atoms with Crippen LogP contribution in [0.1, 0.15) is 38.3 Å². The van der Waals surface area contributed by atoms with Crippen molar-refractivity contribution in [1.82, 2.24) is 20.5 Å². The molecule has 2 fully saturated rings. The Kier molecular flexibility index (Phi) is 9.43. The molecule has 3 aliphatic rings. The number of nitrogens with zero attached hydrogens (tertiary/aromatic N) is 3. The van der Waals surface area contributed by atoms with Gasteiger partial charge in [0.25, 0.3) is 11.8 Å². The molecule has 13 nitrogen and oxygen atoms in total. The predicted molar refractivity (Wildman–Crippen MR) is 134 cm³/mol. The number of aliphatic carboxylic acids is 1. The van der Waals surface area contributed by atoms with E-state index in [1.165, 1.54) is 5.38 Å². The third-order valence-corrected chi connectivity index (χ3v) is 6.89. The molecule has 1 aromatic rings. The first kappa shape index (κ1) is 31.3. The van der Waals surface area contributed by atoms with Crippen LogP contribution in [0.25, 0.3) is 0 Å². The fourth-order valence-electron chi connectivity index (χ4n) is 4.68. The zero-order chi connectivity index (χ0) is 28.6. The molecule has 1 aromatic heterocycles. The van der Waals surface area contributed by atoms with E-state index in [0.717, 1.165) is 23.2 Å². The number of alkyl halides is 3. The second-order valence-electron chi connectivity index (χ2n) is 8.75. The number of nitrogens with one attached hydrogen (secondary N) is 2. The molecule has 40 heavy (non-hydrogen) atoms. The summed E-state index contributed by atoms with van der Waals surface area (Å²) in [7, 11) is 0. The van der Waals surface area contributed by atoms with Crippen molar-refractivity contribution in [3.8, 4) is 0 Å². The number of thiazole rings is 1. The van der Waals surface area contributed by atoms with Crippen molar-refractivity contribution in [2.24, 2.45) is 5.16 Å². The van der Waals surface area contributed by atoms with Gasteiger partial charge < -0.3 is 26.3 Å². The number of rotatable bonds is 7. The van der Waals surface area contributed by atoms with Gasteiger partial charge in [0.15, 0.2) is 10.8 Å². The Balaban J connectivity index is 0.00000441.